The Labute approximate surface area is 90.2 Å². The van der Waals surface area contributed by atoms with E-state index < -0.39 is 0 Å². The van der Waals surface area contributed by atoms with Crippen molar-refractivity contribution in [2.45, 2.75) is 26.7 Å². The maximum Gasteiger partial charge on any atom is 0.219 e. The first kappa shape index (κ1) is 11.5. The van der Waals surface area contributed by atoms with E-state index in [0.717, 1.165) is 18.7 Å². The molecule has 2 N–H and O–H groups in total. The van der Waals surface area contributed by atoms with Gasteiger partial charge < -0.3 is 10.5 Å². The summed E-state index contributed by atoms with van der Waals surface area (Å²) in [6.45, 7) is 4.53. The summed E-state index contributed by atoms with van der Waals surface area (Å²) in [5.74, 6) is 1.75. The first-order valence-electron chi connectivity index (χ1n) is 5.13. The lowest BCUT2D eigenvalue weighted by molar-refractivity contribution is 0.346. The number of aryl methyl sites for hydroxylation is 1. The molecule has 0 saturated carbocycles. The van der Waals surface area contributed by atoms with Gasteiger partial charge in [0.2, 0.25) is 5.88 Å². The van der Waals surface area contributed by atoms with E-state index in [1.165, 1.54) is 0 Å². The van der Waals surface area contributed by atoms with Gasteiger partial charge in [0.05, 0.1) is 0 Å². The standard InChI is InChI=1S/C11H17N3O/c1-3-5-7-15-11-8-9(12)13-10(14-11)6-4-2/h3,5,8H,4,6-7H2,1-2H3,(H2,12,13,14)/b5-3+. The Morgan fingerprint density at radius 2 is 2.27 bits per heavy atom. The normalized spacial score (nSPS) is 10.8. The van der Waals surface area contributed by atoms with Crippen LogP contribution in [0, 0.1) is 0 Å². The van der Waals surface area contributed by atoms with Gasteiger partial charge in [-0.3, -0.25) is 0 Å². The summed E-state index contributed by atoms with van der Waals surface area (Å²) in [6, 6.07) is 1.64. The van der Waals surface area contributed by atoms with Gasteiger partial charge in [0.15, 0.2) is 0 Å². The Hall–Kier alpha value is -1.58. The zero-order chi connectivity index (χ0) is 11.1. The molecule has 0 aromatic carbocycles. The van der Waals surface area contributed by atoms with E-state index in [4.69, 9.17) is 10.5 Å². The molecule has 0 unspecified atom stereocenters. The monoisotopic (exact) mass is 207 g/mol. The number of allylic oxidation sites excluding steroid dienone is 1. The molecule has 4 heteroatoms. The van der Waals surface area contributed by atoms with Crippen molar-refractivity contribution < 1.29 is 4.74 Å². The predicted octanol–water partition coefficient (Wildman–Crippen LogP) is 1.97. The maximum atomic E-state index is 5.64. The first-order valence-corrected chi connectivity index (χ1v) is 5.13. The summed E-state index contributed by atoms with van der Waals surface area (Å²) >= 11 is 0. The first-order chi connectivity index (χ1) is 7.26. The van der Waals surface area contributed by atoms with Crippen molar-refractivity contribution in [2.75, 3.05) is 12.3 Å². The zero-order valence-corrected chi connectivity index (χ0v) is 9.23. The quantitative estimate of drug-likeness (QED) is 0.750. The molecule has 0 spiro atoms. The number of nitrogens with two attached hydrogens (primary N) is 1. The molecule has 0 saturated heterocycles. The Morgan fingerprint density at radius 3 is 2.93 bits per heavy atom. The molecule has 82 valence electrons. The van der Waals surface area contributed by atoms with E-state index >= 15 is 0 Å². The van der Waals surface area contributed by atoms with Crippen LogP contribution in [0.25, 0.3) is 0 Å². The van der Waals surface area contributed by atoms with Crippen molar-refractivity contribution >= 4 is 5.82 Å². The average Bonchev–Trinajstić information content (AvgIpc) is 2.18. The lowest BCUT2D eigenvalue weighted by atomic mass is 10.3. The van der Waals surface area contributed by atoms with Crippen LogP contribution in [0.2, 0.25) is 0 Å². The number of ether oxygens (including phenoxy) is 1. The molecular weight excluding hydrogens is 190 g/mol. The van der Waals surface area contributed by atoms with E-state index in [0.29, 0.717) is 18.3 Å². The number of nitrogens with zero attached hydrogens (tertiary/aromatic N) is 2. The summed E-state index contributed by atoms with van der Waals surface area (Å²) in [6.07, 6.45) is 5.66. The highest BCUT2D eigenvalue weighted by atomic mass is 16.5. The molecule has 0 aliphatic heterocycles. The lowest BCUT2D eigenvalue weighted by Gasteiger charge is -2.05. The van der Waals surface area contributed by atoms with Gasteiger partial charge in [-0.15, -0.1) is 0 Å². The second-order valence-electron chi connectivity index (χ2n) is 3.18. The smallest absolute Gasteiger partial charge is 0.219 e. The van der Waals surface area contributed by atoms with Crippen LogP contribution in [-0.4, -0.2) is 16.6 Å². The van der Waals surface area contributed by atoms with Crippen molar-refractivity contribution in [3.63, 3.8) is 0 Å². The van der Waals surface area contributed by atoms with E-state index in [1.807, 2.05) is 19.1 Å². The number of nitrogen functional groups attached to an aromatic ring is 1. The van der Waals surface area contributed by atoms with Crippen LogP contribution in [0.1, 0.15) is 26.1 Å². The highest BCUT2D eigenvalue weighted by molar-refractivity contribution is 5.32. The molecule has 1 rings (SSSR count). The second kappa shape index (κ2) is 6.01. The topological polar surface area (TPSA) is 61.0 Å². The molecule has 1 heterocycles. The van der Waals surface area contributed by atoms with Crippen molar-refractivity contribution in [1.82, 2.24) is 9.97 Å². The molecule has 0 bridgehead atoms. The van der Waals surface area contributed by atoms with Crippen LogP contribution in [-0.2, 0) is 6.42 Å². The van der Waals surface area contributed by atoms with Crippen molar-refractivity contribution in [3.8, 4) is 5.88 Å². The minimum atomic E-state index is 0.462. The Morgan fingerprint density at radius 1 is 1.47 bits per heavy atom. The summed E-state index contributed by atoms with van der Waals surface area (Å²) < 4.78 is 5.40. The molecule has 1 aromatic heterocycles. The third-order valence-corrected chi connectivity index (χ3v) is 1.81. The van der Waals surface area contributed by atoms with Gasteiger partial charge in [0.25, 0.3) is 0 Å². The second-order valence-corrected chi connectivity index (χ2v) is 3.18. The third kappa shape index (κ3) is 3.97. The molecule has 0 aliphatic rings. The fourth-order valence-electron chi connectivity index (χ4n) is 1.13. The SMILES string of the molecule is C/C=C/COc1cc(N)nc(CCC)n1. The predicted molar refractivity (Wildman–Crippen MR) is 60.7 cm³/mol. The van der Waals surface area contributed by atoms with E-state index in [2.05, 4.69) is 16.9 Å². The Balaban J connectivity index is 2.70. The number of hydrogen-bond donors (Lipinski definition) is 1. The summed E-state index contributed by atoms with van der Waals surface area (Å²) in [7, 11) is 0. The van der Waals surface area contributed by atoms with Crippen LogP contribution in [0.5, 0.6) is 5.88 Å². The maximum absolute atomic E-state index is 5.64. The van der Waals surface area contributed by atoms with E-state index in [-0.39, 0.29) is 0 Å². The lowest BCUT2D eigenvalue weighted by Crippen LogP contribution is -2.03. The number of aromatic nitrogens is 2. The van der Waals surface area contributed by atoms with Gasteiger partial charge in [-0.2, -0.15) is 4.98 Å². The minimum absolute atomic E-state index is 0.462. The summed E-state index contributed by atoms with van der Waals surface area (Å²) in [5.41, 5.74) is 5.64. The molecule has 0 radical (unpaired) electrons. The van der Waals surface area contributed by atoms with Crippen LogP contribution >= 0.6 is 0 Å². The largest absolute Gasteiger partial charge is 0.473 e. The molecule has 15 heavy (non-hydrogen) atoms. The van der Waals surface area contributed by atoms with Gasteiger partial charge in [-0.05, 0) is 13.3 Å². The van der Waals surface area contributed by atoms with Crippen molar-refractivity contribution in [1.29, 1.82) is 0 Å². The van der Waals surface area contributed by atoms with E-state index in [9.17, 15) is 0 Å². The van der Waals surface area contributed by atoms with Crippen molar-refractivity contribution in [2.24, 2.45) is 0 Å². The average molecular weight is 207 g/mol. The fraction of sp³-hybridized carbons (Fsp3) is 0.455. The Kier molecular flexibility index (Phi) is 4.60. The van der Waals surface area contributed by atoms with Crippen LogP contribution in [0.4, 0.5) is 5.82 Å². The minimum Gasteiger partial charge on any atom is -0.473 e. The third-order valence-electron chi connectivity index (χ3n) is 1.81. The van der Waals surface area contributed by atoms with Crippen molar-refractivity contribution in [3.05, 3.63) is 24.0 Å². The van der Waals surface area contributed by atoms with E-state index in [1.54, 1.807) is 6.07 Å². The van der Waals surface area contributed by atoms with Gasteiger partial charge in [0.1, 0.15) is 18.2 Å². The molecule has 0 fully saturated rings. The highest BCUT2D eigenvalue weighted by Gasteiger charge is 2.02. The molecular formula is C11H17N3O. The number of rotatable bonds is 5. The van der Waals surface area contributed by atoms with Gasteiger partial charge >= 0.3 is 0 Å². The van der Waals surface area contributed by atoms with Gasteiger partial charge in [-0.1, -0.05) is 19.1 Å². The van der Waals surface area contributed by atoms with Crippen LogP contribution in [0.15, 0.2) is 18.2 Å². The molecule has 0 amide bonds. The highest BCUT2D eigenvalue weighted by Crippen LogP contribution is 2.11. The number of hydrogen-bond acceptors (Lipinski definition) is 4. The fourth-order valence-corrected chi connectivity index (χ4v) is 1.13. The molecule has 0 aliphatic carbocycles. The Bertz CT molecular complexity index is 337. The molecule has 4 nitrogen and oxygen atoms in total. The van der Waals surface area contributed by atoms with Crippen LogP contribution < -0.4 is 10.5 Å². The molecule has 0 atom stereocenters. The zero-order valence-electron chi connectivity index (χ0n) is 9.23. The van der Waals surface area contributed by atoms with Gasteiger partial charge in [-0.25, -0.2) is 4.98 Å². The summed E-state index contributed by atoms with van der Waals surface area (Å²) in [5, 5.41) is 0. The van der Waals surface area contributed by atoms with Crippen LogP contribution in [0.3, 0.4) is 0 Å². The number of anilines is 1. The summed E-state index contributed by atoms with van der Waals surface area (Å²) in [4.78, 5) is 8.37. The van der Waals surface area contributed by atoms with Gasteiger partial charge in [0, 0.05) is 12.5 Å². The molecule has 1 aromatic rings.